The van der Waals surface area contributed by atoms with E-state index in [0.29, 0.717) is 5.56 Å². The molecule has 1 saturated carbocycles. The fraction of sp³-hybridized carbons (Fsp3) is 0.533. The van der Waals surface area contributed by atoms with Gasteiger partial charge >= 0.3 is 6.18 Å². The van der Waals surface area contributed by atoms with Gasteiger partial charge in [0.2, 0.25) is 5.91 Å². The Labute approximate surface area is 121 Å². The number of methoxy groups -OCH3 is 1. The molecule has 2 rings (SSSR count). The van der Waals surface area contributed by atoms with Gasteiger partial charge in [0.25, 0.3) is 0 Å². The van der Waals surface area contributed by atoms with Crippen LogP contribution in [0.15, 0.2) is 24.3 Å². The van der Waals surface area contributed by atoms with Crippen LogP contribution in [0, 0.1) is 0 Å². The van der Waals surface area contributed by atoms with Crippen LogP contribution in [0.25, 0.3) is 0 Å². The summed E-state index contributed by atoms with van der Waals surface area (Å²) in [5.74, 6) is -0.275. The first-order valence-electron chi connectivity index (χ1n) is 6.88. The van der Waals surface area contributed by atoms with Gasteiger partial charge < -0.3 is 10.1 Å². The SMILES string of the molecule is CO[C@H]1CCC[C@@H]1NC(=O)Cc1cccc(C(F)(F)F)c1. The number of benzene rings is 1. The molecule has 0 bridgehead atoms. The predicted octanol–water partition coefficient (Wildman–Crippen LogP) is 2.93. The van der Waals surface area contributed by atoms with Crippen LogP contribution in [0.1, 0.15) is 30.4 Å². The lowest BCUT2D eigenvalue weighted by atomic mass is 10.1. The average molecular weight is 301 g/mol. The van der Waals surface area contributed by atoms with Crippen molar-refractivity contribution in [2.24, 2.45) is 0 Å². The number of ether oxygens (including phenoxy) is 1. The van der Waals surface area contributed by atoms with Gasteiger partial charge in [0.15, 0.2) is 0 Å². The molecule has 21 heavy (non-hydrogen) atoms. The second-order valence-corrected chi connectivity index (χ2v) is 5.25. The Balaban J connectivity index is 1.97. The summed E-state index contributed by atoms with van der Waals surface area (Å²) >= 11 is 0. The van der Waals surface area contributed by atoms with Crippen LogP contribution >= 0.6 is 0 Å². The van der Waals surface area contributed by atoms with Crippen LogP contribution in [0.2, 0.25) is 0 Å². The zero-order valence-electron chi connectivity index (χ0n) is 11.7. The van der Waals surface area contributed by atoms with Crippen molar-refractivity contribution < 1.29 is 22.7 Å². The van der Waals surface area contributed by atoms with E-state index >= 15 is 0 Å². The van der Waals surface area contributed by atoms with E-state index in [2.05, 4.69) is 5.32 Å². The summed E-state index contributed by atoms with van der Waals surface area (Å²) in [7, 11) is 1.60. The van der Waals surface area contributed by atoms with Crippen molar-refractivity contribution >= 4 is 5.91 Å². The number of rotatable bonds is 4. The van der Waals surface area contributed by atoms with E-state index in [1.807, 2.05) is 0 Å². The van der Waals surface area contributed by atoms with Gasteiger partial charge in [0.1, 0.15) is 0 Å². The third kappa shape index (κ3) is 4.20. The minimum Gasteiger partial charge on any atom is -0.379 e. The first-order chi connectivity index (χ1) is 9.90. The standard InChI is InChI=1S/C15H18F3NO2/c1-21-13-7-3-6-12(13)19-14(20)9-10-4-2-5-11(8-10)15(16,17)18/h2,4-5,8,12-13H,3,6-7,9H2,1H3,(H,19,20)/t12-,13-/m0/s1. The molecule has 6 heteroatoms. The van der Waals surface area contributed by atoms with Crippen molar-refractivity contribution in [3.63, 3.8) is 0 Å². The van der Waals surface area contributed by atoms with Crippen LogP contribution in [-0.4, -0.2) is 25.2 Å². The van der Waals surface area contributed by atoms with Crippen molar-refractivity contribution in [1.82, 2.24) is 5.32 Å². The smallest absolute Gasteiger partial charge is 0.379 e. The molecule has 0 heterocycles. The first-order valence-corrected chi connectivity index (χ1v) is 6.88. The van der Waals surface area contributed by atoms with E-state index < -0.39 is 11.7 Å². The molecule has 0 unspecified atom stereocenters. The van der Waals surface area contributed by atoms with E-state index in [1.165, 1.54) is 12.1 Å². The van der Waals surface area contributed by atoms with Gasteiger partial charge in [0.05, 0.1) is 24.1 Å². The highest BCUT2D eigenvalue weighted by Gasteiger charge is 2.31. The van der Waals surface area contributed by atoms with Gasteiger partial charge in [-0.05, 0) is 30.9 Å². The molecule has 0 aromatic heterocycles. The summed E-state index contributed by atoms with van der Waals surface area (Å²) in [6.45, 7) is 0. The van der Waals surface area contributed by atoms with E-state index in [1.54, 1.807) is 7.11 Å². The number of hydrogen-bond acceptors (Lipinski definition) is 2. The molecule has 0 aliphatic heterocycles. The molecule has 0 saturated heterocycles. The molecule has 2 atom stereocenters. The summed E-state index contributed by atoms with van der Waals surface area (Å²) in [5.41, 5.74) is -0.377. The van der Waals surface area contributed by atoms with Crippen molar-refractivity contribution in [2.75, 3.05) is 7.11 Å². The molecule has 1 aromatic rings. The number of halogens is 3. The lowest BCUT2D eigenvalue weighted by Gasteiger charge is -2.19. The number of carbonyl (C=O) groups is 1. The average Bonchev–Trinajstić information content (AvgIpc) is 2.85. The molecule has 1 fully saturated rings. The third-order valence-corrected chi connectivity index (χ3v) is 3.72. The molecule has 1 amide bonds. The number of carbonyl (C=O) groups excluding carboxylic acids is 1. The largest absolute Gasteiger partial charge is 0.416 e. The Hall–Kier alpha value is -1.56. The Kier molecular flexibility index (Phi) is 4.88. The monoisotopic (exact) mass is 301 g/mol. The van der Waals surface area contributed by atoms with Crippen molar-refractivity contribution in [3.8, 4) is 0 Å². The number of hydrogen-bond donors (Lipinski definition) is 1. The van der Waals surface area contributed by atoms with E-state index in [9.17, 15) is 18.0 Å². The van der Waals surface area contributed by atoms with E-state index in [-0.39, 0.29) is 24.5 Å². The molecule has 3 nitrogen and oxygen atoms in total. The van der Waals surface area contributed by atoms with Gasteiger partial charge in [-0.25, -0.2) is 0 Å². The zero-order valence-corrected chi connectivity index (χ0v) is 11.7. The number of alkyl halides is 3. The Bertz CT molecular complexity index is 502. The minimum atomic E-state index is -4.39. The van der Waals surface area contributed by atoms with E-state index in [0.717, 1.165) is 31.4 Å². The summed E-state index contributed by atoms with van der Waals surface area (Å²) in [4.78, 5) is 11.9. The maximum atomic E-state index is 12.6. The zero-order chi connectivity index (χ0) is 15.5. The maximum Gasteiger partial charge on any atom is 0.416 e. The lowest BCUT2D eigenvalue weighted by Crippen LogP contribution is -2.41. The van der Waals surface area contributed by atoms with Gasteiger partial charge in [-0.3, -0.25) is 4.79 Å². The van der Waals surface area contributed by atoms with Crippen LogP contribution < -0.4 is 5.32 Å². The second-order valence-electron chi connectivity index (χ2n) is 5.25. The Morgan fingerprint density at radius 1 is 1.38 bits per heavy atom. The summed E-state index contributed by atoms with van der Waals surface area (Å²) in [5, 5.41) is 2.84. The Morgan fingerprint density at radius 3 is 2.81 bits per heavy atom. The minimum absolute atomic E-state index is 0.00420. The molecule has 0 spiro atoms. The first kappa shape index (κ1) is 15.8. The topological polar surface area (TPSA) is 38.3 Å². The molecule has 1 N–H and O–H groups in total. The molecular formula is C15H18F3NO2. The number of nitrogens with one attached hydrogen (secondary N) is 1. The van der Waals surface area contributed by atoms with Gasteiger partial charge in [-0.1, -0.05) is 18.2 Å². The summed E-state index contributed by atoms with van der Waals surface area (Å²) < 4.78 is 43.1. The van der Waals surface area contributed by atoms with Crippen LogP contribution in [0.4, 0.5) is 13.2 Å². The summed E-state index contributed by atoms with van der Waals surface area (Å²) in [6, 6.07) is 4.81. The highest BCUT2D eigenvalue weighted by atomic mass is 19.4. The fourth-order valence-electron chi connectivity index (χ4n) is 2.67. The van der Waals surface area contributed by atoms with Crippen LogP contribution in [0.3, 0.4) is 0 Å². The van der Waals surface area contributed by atoms with Gasteiger partial charge in [-0.15, -0.1) is 0 Å². The summed E-state index contributed by atoms with van der Waals surface area (Å²) in [6.07, 6.45) is -1.74. The van der Waals surface area contributed by atoms with Crippen LogP contribution in [-0.2, 0) is 22.1 Å². The molecule has 116 valence electrons. The molecule has 0 radical (unpaired) electrons. The second kappa shape index (κ2) is 6.47. The molecule has 1 aromatic carbocycles. The predicted molar refractivity (Wildman–Crippen MR) is 71.7 cm³/mol. The normalized spacial score (nSPS) is 22.3. The molecular weight excluding hydrogens is 283 g/mol. The lowest BCUT2D eigenvalue weighted by molar-refractivity contribution is -0.137. The molecule has 1 aliphatic rings. The van der Waals surface area contributed by atoms with Gasteiger partial charge in [0, 0.05) is 7.11 Å². The Morgan fingerprint density at radius 2 is 2.14 bits per heavy atom. The van der Waals surface area contributed by atoms with Gasteiger partial charge in [-0.2, -0.15) is 13.2 Å². The molecule has 1 aliphatic carbocycles. The van der Waals surface area contributed by atoms with E-state index in [4.69, 9.17) is 4.74 Å². The highest BCUT2D eigenvalue weighted by molar-refractivity contribution is 5.79. The fourth-order valence-corrected chi connectivity index (χ4v) is 2.67. The maximum absolute atomic E-state index is 12.6. The number of amides is 1. The quantitative estimate of drug-likeness (QED) is 0.928. The highest BCUT2D eigenvalue weighted by Crippen LogP contribution is 2.29. The van der Waals surface area contributed by atoms with Crippen molar-refractivity contribution in [2.45, 2.75) is 44.0 Å². The third-order valence-electron chi connectivity index (χ3n) is 3.72. The van der Waals surface area contributed by atoms with Crippen molar-refractivity contribution in [1.29, 1.82) is 0 Å². The van der Waals surface area contributed by atoms with Crippen LogP contribution in [0.5, 0.6) is 0 Å². The van der Waals surface area contributed by atoms with Crippen molar-refractivity contribution in [3.05, 3.63) is 35.4 Å².